The molecule has 0 radical (unpaired) electrons. The van der Waals surface area contributed by atoms with Crippen LogP contribution in [0, 0.1) is 67.9 Å². The number of amidine groups is 1. The molecule has 0 unspecified atom stereocenters. The molecule has 6 aliphatic rings. The second kappa shape index (κ2) is 48.8. The molecule has 28 heteroatoms. The Bertz CT molecular complexity index is 3730. The topological polar surface area (TPSA) is 347 Å². The van der Waals surface area contributed by atoms with Gasteiger partial charge >= 0.3 is 0 Å². The molecule has 3 aliphatic carbocycles. The second-order valence-corrected chi connectivity index (χ2v) is 31.1. The highest BCUT2D eigenvalue weighted by molar-refractivity contribution is 6.40. The van der Waals surface area contributed by atoms with E-state index >= 15 is 0 Å². The highest BCUT2D eigenvalue weighted by Gasteiger charge is 2.45. The van der Waals surface area contributed by atoms with E-state index in [2.05, 4.69) is 166 Å². The molecule has 12 rings (SSSR count). The number of aromatic amines is 1. The summed E-state index contributed by atoms with van der Waals surface area (Å²) in [6, 6.07) is 4.25. The van der Waals surface area contributed by atoms with Crippen LogP contribution in [0.25, 0.3) is 0 Å². The number of aliphatic hydroxyl groups excluding tert-OH is 1. The van der Waals surface area contributed by atoms with Crippen molar-refractivity contribution in [2.45, 2.75) is 273 Å². The molecule has 5 N–H and O–H groups in total. The highest BCUT2D eigenvalue weighted by Crippen LogP contribution is 2.45. The number of aliphatic hydroxyl groups is 1. The molecule has 5 aromatic heterocycles. The van der Waals surface area contributed by atoms with E-state index < -0.39 is 17.4 Å². The summed E-state index contributed by atoms with van der Waals surface area (Å²) in [6.45, 7) is 62.0. The smallest absolute Gasteiger partial charge is 0.266 e. The van der Waals surface area contributed by atoms with E-state index in [1.165, 1.54) is 44.0 Å². The Morgan fingerprint density at radius 1 is 0.600 bits per heavy atom. The van der Waals surface area contributed by atoms with Gasteiger partial charge in [-0.05, 0) is 106 Å². The van der Waals surface area contributed by atoms with Crippen molar-refractivity contribution < 1.29 is 56.3 Å². The summed E-state index contributed by atoms with van der Waals surface area (Å²) in [4.78, 5) is 56.9. The molecule has 8 heterocycles. The third-order valence-electron chi connectivity index (χ3n) is 17.9. The predicted molar refractivity (Wildman–Crippen MR) is 432 cm³/mol. The molecule has 110 heavy (non-hydrogen) atoms. The normalized spacial score (nSPS) is 15.2. The third-order valence-corrected chi connectivity index (χ3v) is 17.9. The number of allylic oxidation sites excluding steroid dienone is 2. The average molecular weight is 1540 g/mol. The van der Waals surface area contributed by atoms with Gasteiger partial charge in [0, 0.05) is 99.6 Å². The van der Waals surface area contributed by atoms with Gasteiger partial charge in [0.25, 0.3) is 5.91 Å². The van der Waals surface area contributed by atoms with E-state index in [-0.39, 0.29) is 52.3 Å². The number of nitrogens with one attached hydrogen (secondary N) is 3. The van der Waals surface area contributed by atoms with E-state index in [0.29, 0.717) is 106 Å². The van der Waals surface area contributed by atoms with Crippen molar-refractivity contribution >= 4 is 35.4 Å². The Hall–Kier alpha value is -8.79. The lowest BCUT2D eigenvalue weighted by molar-refractivity contribution is -0.117. The standard InChI is InChI=1S/C9H10F2O.C8H13NO.C8H10O2.C8H16O.C7H11NO.C7H14O.C6H11N3.3C6H10N2O.C6H10N2.C5H9N3/c1-5(2)6-3-7(10)9(12)8(11)4-6;1-5(2)7-6(3)4-9-8(7)10;1-4(2)6-7(9)5(3)8(6)10;1-7(2)8(9-3)5-4-6-8;1-5(2)7-4-6(3)8-9-7;1-6(2)7(8-3)4-5-7;1-5(2)6-7-4-8-9(6)3;1-4(2)5-6(9)8-3-7-5;1-4(2)6-8-7-5(3)9-6;1-4(2)6-7-5(3)8-9-6;1-5(2)6-7-3-4-8-6;1-4(2)5-6-3-7-8-5/h3-5,12H,1-2H3;5H,4H2,1-3H3,(H,9,10);4,9H,3H2,1-2H3;7H,4-6H2,1-3H3;4-5H,1-3H3;6H,4-5H2,1-3H3;4-5H,1-3H3;4H,3H2,1-2H3,(H,8,9);2*4H,1-3H3;3,5H,4H2,1-2H3;3-4H,1-2H3,(H,6,7,8). The number of phenols is 1. The lowest BCUT2D eigenvalue weighted by Crippen LogP contribution is -2.43. The number of aromatic nitrogens is 11. The number of aryl methyl sites for hydroxylation is 4. The maximum atomic E-state index is 12.7. The highest BCUT2D eigenvalue weighted by atomic mass is 19.1. The largest absolute Gasteiger partial charge is 0.507 e. The molecule has 2 fully saturated rings. The lowest BCUT2D eigenvalue weighted by atomic mass is 9.72. The van der Waals surface area contributed by atoms with Crippen molar-refractivity contribution in [1.82, 2.24) is 66.1 Å². The number of nitrogens with zero attached hydrogens (tertiary/aromatic N) is 13. The number of methoxy groups -OCH3 is 2. The maximum absolute atomic E-state index is 12.7. The number of hydrogen-bond donors (Lipinski definition) is 5. The molecular weight excluding hydrogens is 1410 g/mol. The molecule has 3 aliphatic heterocycles. The average Bonchev–Trinajstić information content (AvgIpc) is 1.48. The van der Waals surface area contributed by atoms with E-state index in [0.717, 1.165) is 59.7 Å². The summed E-state index contributed by atoms with van der Waals surface area (Å²) < 4.78 is 52.9. The van der Waals surface area contributed by atoms with Gasteiger partial charge in [0.05, 0.1) is 29.0 Å². The van der Waals surface area contributed by atoms with Crippen LogP contribution in [-0.4, -0.2) is 146 Å². The number of carbonyl (C=O) groups is 3. The van der Waals surface area contributed by atoms with Crippen LogP contribution in [0.3, 0.4) is 0 Å². The van der Waals surface area contributed by atoms with Gasteiger partial charge in [0.1, 0.15) is 54.0 Å². The van der Waals surface area contributed by atoms with Gasteiger partial charge in [-0.3, -0.25) is 34.1 Å². The fraction of sp³-hybridized carbons (Fsp3) is 0.646. The van der Waals surface area contributed by atoms with Crippen molar-refractivity contribution in [3.8, 4) is 5.75 Å². The van der Waals surface area contributed by atoms with Crippen molar-refractivity contribution in [2.75, 3.05) is 34.0 Å². The third kappa shape index (κ3) is 33.8. The van der Waals surface area contributed by atoms with Gasteiger partial charge in [-0.15, -0.1) is 10.2 Å². The maximum Gasteiger partial charge on any atom is 0.266 e. The zero-order chi connectivity index (χ0) is 84.2. The van der Waals surface area contributed by atoms with E-state index in [9.17, 15) is 23.2 Å². The predicted octanol–water partition coefficient (Wildman–Crippen LogP) is 17.8. The minimum atomic E-state index is -0.904. The van der Waals surface area contributed by atoms with Gasteiger partial charge in [-0.25, -0.2) is 23.7 Å². The fourth-order valence-electron chi connectivity index (χ4n) is 10.5. The molecule has 616 valence electrons. The summed E-state index contributed by atoms with van der Waals surface area (Å²) in [7, 11) is 5.55. The van der Waals surface area contributed by atoms with E-state index in [1.54, 1.807) is 17.9 Å². The number of ether oxygens (including phenoxy) is 2. The Balaban J connectivity index is 0.000000601. The number of H-pyrrole nitrogens is 1. The quantitative estimate of drug-likeness (QED) is 0.0632. The van der Waals surface area contributed by atoms with Gasteiger partial charge in [0.15, 0.2) is 29.0 Å². The number of carbonyl (C=O) groups excluding carboxylic acids is 3. The molecule has 6 aromatic rings. The molecule has 2 saturated carbocycles. The Kier molecular flexibility index (Phi) is 44.0. The Labute approximate surface area is 654 Å². The number of aliphatic imine (C=N–C) groups is 3. The number of amides is 2. The molecule has 0 spiro atoms. The van der Waals surface area contributed by atoms with Crippen LogP contribution in [0.1, 0.15) is 293 Å². The molecule has 0 atom stereocenters. The van der Waals surface area contributed by atoms with Crippen molar-refractivity contribution in [3.05, 3.63) is 129 Å². The van der Waals surface area contributed by atoms with E-state index in [1.807, 2.05) is 137 Å². The van der Waals surface area contributed by atoms with Gasteiger partial charge < -0.3 is 43.8 Å². The van der Waals surface area contributed by atoms with Crippen molar-refractivity contribution in [2.24, 2.45) is 57.5 Å². The minimum Gasteiger partial charge on any atom is -0.507 e. The van der Waals surface area contributed by atoms with Gasteiger partial charge in [-0.2, -0.15) is 15.2 Å². The van der Waals surface area contributed by atoms with Crippen LogP contribution in [0.5, 0.6) is 5.75 Å². The molecule has 26 nitrogen and oxygen atoms in total. The van der Waals surface area contributed by atoms with Crippen LogP contribution in [0.2, 0.25) is 0 Å². The number of halogens is 2. The second-order valence-electron chi connectivity index (χ2n) is 31.1. The van der Waals surface area contributed by atoms with Gasteiger partial charge in [-0.1, -0.05) is 183 Å². The van der Waals surface area contributed by atoms with Crippen LogP contribution in [-0.2, 0) is 30.9 Å². The number of Topliss-reactive ketones (excluding diaryl/α,β-unsaturated/α-hetero) is 1. The molecule has 0 saturated heterocycles. The number of aromatic hydroxyl groups is 1. The van der Waals surface area contributed by atoms with E-state index in [4.69, 9.17) is 33.2 Å². The summed E-state index contributed by atoms with van der Waals surface area (Å²) in [5.41, 5.74) is 5.67. The first-order valence-electron chi connectivity index (χ1n) is 38.3. The number of benzene rings is 1. The van der Waals surface area contributed by atoms with Crippen LogP contribution in [0.4, 0.5) is 8.78 Å². The molecular formula is C82H134F2N16O10. The fourth-order valence-corrected chi connectivity index (χ4v) is 10.5. The van der Waals surface area contributed by atoms with Crippen molar-refractivity contribution in [3.63, 3.8) is 0 Å². The molecule has 1 aromatic carbocycles. The van der Waals surface area contributed by atoms with Crippen LogP contribution >= 0.6 is 0 Å². The summed E-state index contributed by atoms with van der Waals surface area (Å²) in [5, 5.41) is 48.6. The molecule has 0 bridgehead atoms. The van der Waals surface area contributed by atoms with Crippen molar-refractivity contribution in [1.29, 1.82) is 0 Å². The monoisotopic (exact) mass is 1540 g/mol. The number of phenolic OH excluding ortho intramolecular Hbond substituents is 1. The van der Waals surface area contributed by atoms with Gasteiger partial charge in [0.2, 0.25) is 23.6 Å². The Morgan fingerprint density at radius 3 is 1.36 bits per heavy atom. The first kappa shape index (κ1) is 99.2. The van der Waals surface area contributed by atoms with Crippen LogP contribution in [0.15, 0.2) is 93.9 Å². The molecule has 2 amide bonds. The SMILES string of the molecule is C=C1C(=O)C(C(C)C)=C1O.CC(C)C1=NCC=N1.CC(C)C1=NCNC1=O.CC(C)c1cc(F)c(O)c(F)c1.CC(C)c1ncn[nH]1.CC(C)c1ncnn1C.CC1=C(C(C)C)C(=O)NC1.COC1(C(C)C)CC1.COC1(C(C)C)CCC1.Cc1cc(C(C)C)on1.Cc1nnc(C(C)C)o1.Cc1noc(C(C)C)n1. The number of rotatable bonds is 14. The summed E-state index contributed by atoms with van der Waals surface area (Å²) in [5.74, 6) is 8.84. The lowest BCUT2D eigenvalue weighted by Gasteiger charge is -2.44. The first-order valence-corrected chi connectivity index (χ1v) is 38.3. The van der Waals surface area contributed by atoms with Crippen LogP contribution < -0.4 is 10.6 Å². The minimum absolute atomic E-state index is 0.00926. The summed E-state index contributed by atoms with van der Waals surface area (Å²) >= 11 is 0. The number of hydrogen-bond acceptors (Lipinski definition) is 22. The summed E-state index contributed by atoms with van der Waals surface area (Å²) in [6.07, 6.45) is 11.4. The zero-order valence-electron chi connectivity index (χ0n) is 72.0. The first-order chi connectivity index (χ1) is 51.3. The zero-order valence-corrected chi connectivity index (χ0v) is 72.0. The number of ketones is 1. The Morgan fingerprint density at radius 2 is 1.16 bits per heavy atom.